The van der Waals surface area contributed by atoms with Gasteiger partial charge in [0.05, 0.1) is 12.0 Å². The molecule has 1 aliphatic heterocycles. The minimum absolute atomic E-state index is 0.00479. The van der Waals surface area contributed by atoms with Crippen molar-refractivity contribution in [3.05, 3.63) is 58.6 Å². The fraction of sp³-hybridized carbons (Fsp3) is 0.435. The molecule has 1 saturated heterocycles. The van der Waals surface area contributed by atoms with E-state index < -0.39 is 29.7 Å². The second kappa shape index (κ2) is 8.63. The molecular weight excluding hydrogens is 398 g/mol. The molecule has 2 aromatic rings. The van der Waals surface area contributed by atoms with Crippen LogP contribution in [0, 0.1) is 12.3 Å². The highest BCUT2D eigenvalue weighted by molar-refractivity contribution is 5.98. The zero-order valence-electron chi connectivity index (χ0n) is 17.1. The number of aromatic nitrogens is 2. The number of carbonyl (C=O) groups excluding carboxylic acids is 1. The molecule has 2 heterocycles. The number of anilines is 1. The molecule has 31 heavy (non-hydrogen) atoms. The number of nitrogens with zero attached hydrogens (tertiary/aromatic N) is 2. The zero-order valence-corrected chi connectivity index (χ0v) is 17.1. The average Bonchev–Trinajstić information content (AvgIpc) is 3.25. The van der Waals surface area contributed by atoms with Crippen LogP contribution in [0.15, 0.2) is 47.4 Å². The van der Waals surface area contributed by atoms with Crippen LogP contribution in [0.3, 0.4) is 0 Å². The summed E-state index contributed by atoms with van der Waals surface area (Å²) in [4.78, 5) is 29.9. The molecule has 1 unspecified atom stereocenters. The molecule has 8 nitrogen and oxygen atoms in total. The van der Waals surface area contributed by atoms with Crippen molar-refractivity contribution < 1.29 is 19.4 Å². The molecule has 2 atom stereocenters. The Hall–Kier alpha value is -2.99. The molecule has 0 bridgehead atoms. The molecule has 2 aliphatic rings. The van der Waals surface area contributed by atoms with E-state index in [0.29, 0.717) is 0 Å². The van der Waals surface area contributed by atoms with E-state index in [1.54, 1.807) is 6.07 Å². The first-order chi connectivity index (χ1) is 15.0. The van der Waals surface area contributed by atoms with Gasteiger partial charge in [-0.25, -0.2) is 4.79 Å². The van der Waals surface area contributed by atoms with E-state index in [1.807, 2.05) is 30.3 Å². The van der Waals surface area contributed by atoms with Crippen molar-refractivity contribution in [2.75, 3.05) is 18.5 Å². The summed E-state index contributed by atoms with van der Waals surface area (Å²) >= 11 is 0. The van der Waals surface area contributed by atoms with Crippen molar-refractivity contribution in [1.82, 2.24) is 9.55 Å². The maximum atomic E-state index is 13.4. The first kappa shape index (κ1) is 21.2. The Morgan fingerprint density at radius 2 is 2.00 bits per heavy atom. The molecule has 0 spiro atoms. The van der Waals surface area contributed by atoms with Crippen LogP contribution in [-0.2, 0) is 19.7 Å². The van der Waals surface area contributed by atoms with E-state index in [9.17, 15) is 14.7 Å². The summed E-state index contributed by atoms with van der Waals surface area (Å²) in [6, 6.07) is 11.3. The molecule has 162 valence electrons. The highest BCUT2D eigenvalue weighted by atomic mass is 16.8. The van der Waals surface area contributed by atoms with Crippen molar-refractivity contribution in [2.24, 2.45) is 0 Å². The number of amides is 1. The van der Waals surface area contributed by atoms with Crippen LogP contribution in [0.2, 0.25) is 0 Å². The fourth-order valence-corrected chi connectivity index (χ4v) is 4.33. The van der Waals surface area contributed by atoms with Gasteiger partial charge in [0.15, 0.2) is 6.23 Å². The number of nitrogens with one attached hydrogen (secondary N) is 1. The Bertz CT molecular complexity index is 1040. The van der Waals surface area contributed by atoms with Gasteiger partial charge < -0.3 is 19.9 Å². The molecule has 1 aromatic carbocycles. The largest absolute Gasteiger partial charge is 0.390 e. The normalized spacial score (nSPS) is 25.0. The lowest BCUT2D eigenvalue weighted by atomic mass is 9.68. The topological polar surface area (TPSA) is 103 Å². The number of aliphatic hydroxyl groups excluding tert-OH is 1. The summed E-state index contributed by atoms with van der Waals surface area (Å²) in [6.45, 7) is -0.535. The molecule has 1 saturated carbocycles. The third kappa shape index (κ3) is 4.00. The molecule has 1 aromatic heterocycles. The molecule has 1 aliphatic carbocycles. The predicted molar refractivity (Wildman–Crippen MR) is 113 cm³/mol. The van der Waals surface area contributed by atoms with Crippen LogP contribution < -0.4 is 11.0 Å². The summed E-state index contributed by atoms with van der Waals surface area (Å²) in [6.07, 6.45) is 10.6. The third-order valence-corrected chi connectivity index (χ3v) is 6.06. The van der Waals surface area contributed by atoms with Gasteiger partial charge in [0, 0.05) is 6.20 Å². The van der Waals surface area contributed by atoms with Gasteiger partial charge in [0.2, 0.25) is 5.91 Å². The first-order valence-electron chi connectivity index (χ1n) is 10.4. The monoisotopic (exact) mass is 423 g/mol. The number of terminal acetylenes is 1. The number of carbonyl (C=O) groups is 1. The van der Waals surface area contributed by atoms with Crippen molar-refractivity contribution in [3.8, 4) is 12.3 Å². The van der Waals surface area contributed by atoms with Crippen LogP contribution in [0.4, 0.5) is 5.82 Å². The van der Waals surface area contributed by atoms with Gasteiger partial charge in [-0.15, -0.1) is 6.42 Å². The summed E-state index contributed by atoms with van der Waals surface area (Å²) < 4.78 is 12.1. The molecule has 0 radical (unpaired) electrons. The van der Waals surface area contributed by atoms with E-state index in [1.165, 1.54) is 10.8 Å². The van der Waals surface area contributed by atoms with Gasteiger partial charge in [-0.3, -0.25) is 9.36 Å². The summed E-state index contributed by atoms with van der Waals surface area (Å²) in [5.41, 5.74) is -0.271. The van der Waals surface area contributed by atoms with Crippen molar-refractivity contribution in [2.45, 2.75) is 49.5 Å². The highest BCUT2D eigenvalue weighted by Gasteiger charge is 2.42. The van der Waals surface area contributed by atoms with Gasteiger partial charge >= 0.3 is 5.69 Å². The quantitative estimate of drug-likeness (QED) is 0.713. The lowest BCUT2D eigenvalue weighted by Gasteiger charge is -2.36. The average molecular weight is 423 g/mol. The molecule has 1 amide bonds. The van der Waals surface area contributed by atoms with E-state index >= 15 is 0 Å². The lowest BCUT2D eigenvalue weighted by molar-refractivity contribution is -0.156. The Balaban J connectivity index is 1.54. The first-order valence-corrected chi connectivity index (χ1v) is 10.4. The Morgan fingerprint density at radius 1 is 1.26 bits per heavy atom. The smallest absolute Gasteiger partial charge is 0.351 e. The maximum absolute atomic E-state index is 13.4. The summed E-state index contributed by atoms with van der Waals surface area (Å²) in [5, 5.41) is 12.2. The maximum Gasteiger partial charge on any atom is 0.351 e. The van der Waals surface area contributed by atoms with E-state index in [-0.39, 0.29) is 18.3 Å². The fourth-order valence-electron chi connectivity index (χ4n) is 4.33. The van der Waals surface area contributed by atoms with Gasteiger partial charge in [0.1, 0.15) is 12.4 Å². The van der Waals surface area contributed by atoms with E-state index in [0.717, 1.165) is 37.7 Å². The van der Waals surface area contributed by atoms with Gasteiger partial charge in [-0.2, -0.15) is 4.98 Å². The number of benzene rings is 1. The Morgan fingerprint density at radius 3 is 2.61 bits per heavy atom. The SMILES string of the molecule is C#CC1(CO)OC[C@@H](n2ccc(NC(=O)C3(c4ccccc4)CCCCC3)nc2=O)O1. The van der Waals surface area contributed by atoms with Crippen LogP contribution in [0.5, 0.6) is 0 Å². The zero-order chi connectivity index (χ0) is 21.9. The number of hydrogen-bond acceptors (Lipinski definition) is 6. The van der Waals surface area contributed by atoms with Crippen molar-refractivity contribution in [1.29, 1.82) is 0 Å². The number of aliphatic hydroxyl groups is 1. The third-order valence-electron chi connectivity index (χ3n) is 6.06. The van der Waals surface area contributed by atoms with E-state index in [4.69, 9.17) is 15.9 Å². The Kier molecular flexibility index (Phi) is 5.92. The van der Waals surface area contributed by atoms with Crippen LogP contribution in [0.25, 0.3) is 0 Å². The summed E-state index contributed by atoms with van der Waals surface area (Å²) in [5.74, 6) is 0.703. The number of rotatable bonds is 5. The van der Waals surface area contributed by atoms with Crippen LogP contribution >= 0.6 is 0 Å². The van der Waals surface area contributed by atoms with Gasteiger partial charge in [-0.05, 0) is 30.4 Å². The predicted octanol–water partition coefficient (Wildman–Crippen LogP) is 1.95. The highest BCUT2D eigenvalue weighted by Crippen LogP contribution is 2.40. The van der Waals surface area contributed by atoms with Crippen molar-refractivity contribution in [3.63, 3.8) is 0 Å². The van der Waals surface area contributed by atoms with Crippen LogP contribution in [0.1, 0.15) is 43.9 Å². The van der Waals surface area contributed by atoms with E-state index in [2.05, 4.69) is 16.2 Å². The Labute approximate surface area is 180 Å². The molecule has 2 N–H and O–H groups in total. The molecular formula is C23H25N3O5. The minimum atomic E-state index is -1.57. The molecule has 8 heteroatoms. The second-order valence-corrected chi connectivity index (χ2v) is 7.90. The standard InChI is InChI=1S/C23H25N3O5/c1-2-23(16-27)30-15-19(31-23)26-14-11-18(25-21(26)29)24-20(28)22(12-7-4-8-13-22)17-9-5-3-6-10-17/h1,3,5-6,9-11,14,19,27H,4,7-8,12-13,15-16H2,(H,24,25,28,29)/t19-,23?/m0/s1. The van der Waals surface area contributed by atoms with Gasteiger partial charge in [0.25, 0.3) is 5.79 Å². The minimum Gasteiger partial charge on any atom is -0.390 e. The second-order valence-electron chi connectivity index (χ2n) is 7.90. The molecule has 2 fully saturated rings. The lowest BCUT2D eigenvalue weighted by Crippen LogP contribution is -2.42. The molecule has 4 rings (SSSR count). The number of hydrogen-bond donors (Lipinski definition) is 2. The summed E-state index contributed by atoms with van der Waals surface area (Å²) in [7, 11) is 0. The van der Waals surface area contributed by atoms with Gasteiger partial charge in [-0.1, -0.05) is 49.6 Å². The van der Waals surface area contributed by atoms with Crippen molar-refractivity contribution >= 4 is 11.7 Å². The van der Waals surface area contributed by atoms with Crippen LogP contribution in [-0.4, -0.2) is 39.6 Å². The number of ether oxygens (including phenoxy) is 2.